The van der Waals surface area contributed by atoms with E-state index in [1.54, 1.807) is 38.1 Å². The minimum atomic E-state index is -3.35. The van der Waals surface area contributed by atoms with Crippen molar-refractivity contribution in [2.75, 3.05) is 18.2 Å². The molecule has 0 atom stereocenters. The number of aldehydes is 1. The number of hydrogen-bond donors (Lipinski definition) is 1. The molecule has 1 N–H and O–H groups in total. The monoisotopic (exact) mass is 361 g/mol. The Morgan fingerprint density at radius 3 is 2.36 bits per heavy atom. The van der Waals surface area contributed by atoms with Crippen LogP contribution in [0.2, 0.25) is 0 Å². The molecule has 0 saturated carbocycles. The van der Waals surface area contributed by atoms with Crippen LogP contribution in [0.4, 0.5) is 5.69 Å². The number of benzene rings is 2. The summed E-state index contributed by atoms with van der Waals surface area (Å²) in [6.07, 6.45) is 1.86. The minimum Gasteiger partial charge on any atom is -0.483 e. The standard InChI is InChI=1S/C18H19NO5S/c1-12-7-14(10-20)8-13(2)18(12)24-11-17(21)19-15-5-4-6-16(9-15)25(3,22)23/h4-10H,11H2,1-3H3,(H,19,21). The lowest BCUT2D eigenvalue weighted by Crippen LogP contribution is -2.21. The third-order valence-corrected chi connectivity index (χ3v) is 4.62. The lowest BCUT2D eigenvalue weighted by molar-refractivity contribution is -0.118. The summed E-state index contributed by atoms with van der Waals surface area (Å²) in [5, 5.41) is 2.60. The van der Waals surface area contributed by atoms with Gasteiger partial charge >= 0.3 is 0 Å². The van der Waals surface area contributed by atoms with Gasteiger partial charge < -0.3 is 10.1 Å². The summed E-state index contributed by atoms with van der Waals surface area (Å²) in [6, 6.07) is 9.37. The number of ether oxygens (including phenoxy) is 1. The van der Waals surface area contributed by atoms with Crippen LogP contribution in [0.15, 0.2) is 41.3 Å². The van der Waals surface area contributed by atoms with Gasteiger partial charge in [-0.1, -0.05) is 6.07 Å². The van der Waals surface area contributed by atoms with Gasteiger partial charge in [-0.2, -0.15) is 0 Å². The van der Waals surface area contributed by atoms with Crippen molar-refractivity contribution in [2.45, 2.75) is 18.7 Å². The van der Waals surface area contributed by atoms with Crippen LogP contribution in [-0.4, -0.2) is 33.5 Å². The molecule has 0 aliphatic heterocycles. The van der Waals surface area contributed by atoms with Gasteiger partial charge in [0.25, 0.3) is 5.91 Å². The lowest BCUT2D eigenvalue weighted by Gasteiger charge is -2.13. The summed E-state index contributed by atoms with van der Waals surface area (Å²) < 4.78 is 28.6. The average Bonchev–Trinajstić information content (AvgIpc) is 2.53. The fourth-order valence-corrected chi connectivity index (χ4v) is 3.09. The number of amides is 1. The fourth-order valence-electron chi connectivity index (χ4n) is 2.42. The zero-order chi connectivity index (χ0) is 18.6. The predicted molar refractivity (Wildman–Crippen MR) is 95.0 cm³/mol. The third-order valence-electron chi connectivity index (χ3n) is 3.51. The molecule has 2 aromatic carbocycles. The first-order valence-corrected chi connectivity index (χ1v) is 9.39. The Morgan fingerprint density at radius 1 is 1.16 bits per heavy atom. The van der Waals surface area contributed by atoms with Crippen molar-refractivity contribution in [1.82, 2.24) is 0 Å². The van der Waals surface area contributed by atoms with E-state index in [1.807, 2.05) is 0 Å². The van der Waals surface area contributed by atoms with Crippen LogP contribution in [0.1, 0.15) is 21.5 Å². The van der Waals surface area contributed by atoms with Gasteiger partial charge in [-0.05, 0) is 55.3 Å². The molecule has 25 heavy (non-hydrogen) atoms. The van der Waals surface area contributed by atoms with Gasteiger partial charge in [0.2, 0.25) is 0 Å². The van der Waals surface area contributed by atoms with E-state index in [1.165, 1.54) is 12.1 Å². The Balaban J connectivity index is 2.06. The van der Waals surface area contributed by atoms with Crippen LogP contribution >= 0.6 is 0 Å². The number of aryl methyl sites for hydroxylation is 2. The highest BCUT2D eigenvalue weighted by molar-refractivity contribution is 7.90. The molecule has 0 spiro atoms. The Hall–Kier alpha value is -2.67. The molecule has 132 valence electrons. The molecule has 6 nitrogen and oxygen atoms in total. The minimum absolute atomic E-state index is 0.127. The number of rotatable bonds is 6. The van der Waals surface area contributed by atoms with Crippen LogP contribution in [0.5, 0.6) is 5.75 Å². The molecule has 1 amide bonds. The molecular weight excluding hydrogens is 342 g/mol. The smallest absolute Gasteiger partial charge is 0.262 e. The fraction of sp³-hybridized carbons (Fsp3) is 0.222. The predicted octanol–water partition coefficient (Wildman–Crippen LogP) is 2.54. The van der Waals surface area contributed by atoms with Crippen molar-refractivity contribution < 1.29 is 22.7 Å². The molecule has 0 aliphatic carbocycles. The molecule has 0 aliphatic rings. The van der Waals surface area contributed by atoms with E-state index in [0.29, 0.717) is 17.0 Å². The highest BCUT2D eigenvalue weighted by Crippen LogP contribution is 2.24. The number of carbonyl (C=O) groups excluding carboxylic acids is 2. The van der Waals surface area contributed by atoms with Gasteiger partial charge in [0.1, 0.15) is 12.0 Å². The molecule has 0 fully saturated rings. The first-order valence-electron chi connectivity index (χ1n) is 7.50. The Morgan fingerprint density at radius 2 is 1.80 bits per heavy atom. The van der Waals surface area contributed by atoms with E-state index in [0.717, 1.165) is 23.7 Å². The largest absolute Gasteiger partial charge is 0.483 e. The van der Waals surface area contributed by atoms with Crippen LogP contribution in [0.25, 0.3) is 0 Å². The van der Waals surface area contributed by atoms with Crippen LogP contribution < -0.4 is 10.1 Å². The number of carbonyl (C=O) groups is 2. The van der Waals surface area contributed by atoms with Crippen molar-refractivity contribution in [3.8, 4) is 5.75 Å². The Bertz CT molecular complexity index is 896. The SMILES string of the molecule is Cc1cc(C=O)cc(C)c1OCC(=O)Nc1cccc(S(C)(=O)=O)c1. The molecule has 2 aromatic rings. The maximum Gasteiger partial charge on any atom is 0.262 e. The van der Waals surface area contributed by atoms with Crippen molar-refractivity contribution in [1.29, 1.82) is 0 Å². The molecular formula is C18H19NO5S. The maximum absolute atomic E-state index is 12.1. The topological polar surface area (TPSA) is 89.5 Å². The van der Waals surface area contributed by atoms with E-state index >= 15 is 0 Å². The second-order valence-corrected chi connectivity index (χ2v) is 7.75. The first-order chi connectivity index (χ1) is 11.7. The molecule has 0 unspecified atom stereocenters. The highest BCUT2D eigenvalue weighted by atomic mass is 32.2. The Labute approximate surface area is 146 Å². The van der Waals surface area contributed by atoms with E-state index in [9.17, 15) is 18.0 Å². The summed E-state index contributed by atoms with van der Waals surface area (Å²) in [7, 11) is -3.35. The number of nitrogens with one attached hydrogen (secondary N) is 1. The average molecular weight is 361 g/mol. The normalized spacial score (nSPS) is 11.0. The van der Waals surface area contributed by atoms with Gasteiger partial charge in [0, 0.05) is 17.5 Å². The second-order valence-electron chi connectivity index (χ2n) is 5.74. The molecule has 0 heterocycles. The van der Waals surface area contributed by atoms with E-state index in [-0.39, 0.29) is 11.5 Å². The maximum atomic E-state index is 12.1. The molecule has 2 rings (SSSR count). The lowest BCUT2D eigenvalue weighted by atomic mass is 10.1. The molecule has 7 heteroatoms. The first kappa shape index (κ1) is 18.7. The molecule has 0 saturated heterocycles. The summed E-state index contributed by atoms with van der Waals surface area (Å²) in [4.78, 5) is 23.0. The van der Waals surface area contributed by atoms with Gasteiger partial charge in [0.15, 0.2) is 16.4 Å². The van der Waals surface area contributed by atoms with Crippen LogP contribution in [-0.2, 0) is 14.6 Å². The van der Waals surface area contributed by atoms with Crippen molar-refractivity contribution in [3.05, 3.63) is 53.1 Å². The summed E-state index contributed by atoms with van der Waals surface area (Å²) in [6.45, 7) is 3.36. The van der Waals surface area contributed by atoms with Crippen molar-refractivity contribution in [3.63, 3.8) is 0 Å². The molecule has 0 aromatic heterocycles. The van der Waals surface area contributed by atoms with Crippen molar-refractivity contribution in [2.24, 2.45) is 0 Å². The third kappa shape index (κ3) is 4.90. The van der Waals surface area contributed by atoms with Crippen molar-refractivity contribution >= 4 is 27.7 Å². The van der Waals surface area contributed by atoms with E-state index in [4.69, 9.17) is 4.74 Å². The second kappa shape index (κ2) is 7.48. The Kier molecular flexibility index (Phi) is 5.58. The number of anilines is 1. The van der Waals surface area contributed by atoms with Gasteiger partial charge in [0.05, 0.1) is 4.90 Å². The van der Waals surface area contributed by atoms with Crippen LogP contribution in [0, 0.1) is 13.8 Å². The molecule has 0 radical (unpaired) electrons. The summed E-state index contributed by atoms with van der Waals surface area (Å²) >= 11 is 0. The number of hydrogen-bond acceptors (Lipinski definition) is 5. The number of sulfone groups is 1. The van der Waals surface area contributed by atoms with Gasteiger partial charge in [-0.3, -0.25) is 9.59 Å². The summed E-state index contributed by atoms with van der Waals surface area (Å²) in [5.41, 5.74) is 2.44. The zero-order valence-corrected chi connectivity index (χ0v) is 15.0. The highest BCUT2D eigenvalue weighted by Gasteiger charge is 2.11. The van der Waals surface area contributed by atoms with E-state index < -0.39 is 15.7 Å². The quantitative estimate of drug-likeness (QED) is 0.799. The van der Waals surface area contributed by atoms with Crippen LogP contribution in [0.3, 0.4) is 0 Å². The van der Waals surface area contributed by atoms with E-state index in [2.05, 4.69) is 5.32 Å². The van der Waals surface area contributed by atoms with Gasteiger partial charge in [-0.15, -0.1) is 0 Å². The van der Waals surface area contributed by atoms with Gasteiger partial charge in [-0.25, -0.2) is 8.42 Å². The zero-order valence-electron chi connectivity index (χ0n) is 14.2. The summed E-state index contributed by atoms with van der Waals surface area (Å²) in [5.74, 6) is 0.134. The molecule has 0 bridgehead atoms.